The van der Waals surface area contributed by atoms with Crippen molar-refractivity contribution in [2.24, 2.45) is 0 Å². The summed E-state index contributed by atoms with van der Waals surface area (Å²) in [5.41, 5.74) is 4.33. The van der Waals surface area contributed by atoms with Crippen molar-refractivity contribution < 1.29 is 19.7 Å². The van der Waals surface area contributed by atoms with E-state index in [1.807, 2.05) is 30.3 Å². The Morgan fingerprint density at radius 1 is 0.741 bits per heavy atom. The van der Waals surface area contributed by atoms with Gasteiger partial charge in [-0.05, 0) is 59.9 Å². The maximum absolute atomic E-state index is 10.1. The van der Waals surface area contributed by atoms with Crippen molar-refractivity contribution in [1.82, 2.24) is 0 Å². The molecule has 0 saturated carbocycles. The van der Waals surface area contributed by atoms with Crippen molar-refractivity contribution in [2.45, 2.75) is 19.3 Å². The molecule has 27 heavy (non-hydrogen) atoms. The first-order chi connectivity index (χ1) is 13.1. The van der Waals surface area contributed by atoms with Crippen LogP contribution in [0, 0.1) is 0 Å². The molecule has 4 heteroatoms. The van der Waals surface area contributed by atoms with E-state index in [2.05, 4.69) is 6.07 Å². The van der Waals surface area contributed by atoms with Gasteiger partial charge in [0.1, 0.15) is 23.0 Å². The van der Waals surface area contributed by atoms with Crippen LogP contribution in [0.15, 0.2) is 60.7 Å². The molecule has 3 aromatic rings. The number of phenols is 2. The molecule has 4 nitrogen and oxygen atoms in total. The summed E-state index contributed by atoms with van der Waals surface area (Å²) in [6.07, 6.45) is 2.26. The number of aromatic hydroxyl groups is 2. The van der Waals surface area contributed by atoms with E-state index >= 15 is 0 Å². The van der Waals surface area contributed by atoms with E-state index in [-0.39, 0.29) is 11.5 Å². The molecule has 0 bridgehead atoms. The molecule has 0 atom stereocenters. The van der Waals surface area contributed by atoms with E-state index in [0.717, 1.165) is 35.3 Å². The van der Waals surface area contributed by atoms with Crippen LogP contribution in [0.2, 0.25) is 0 Å². The van der Waals surface area contributed by atoms with E-state index in [4.69, 9.17) is 9.47 Å². The molecule has 0 aliphatic heterocycles. The van der Waals surface area contributed by atoms with Gasteiger partial charge in [-0.2, -0.15) is 0 Å². The quantitative estimate of drug-likeness (QED) is 0.648. The van der Waals surface area contributed by atoms with Crippen LogP contribution in [0.5, 0.6) is 23.0 Å². The first-order valence-corrected chi connectivity index (χ1v) is 8.88. The van der Waals surface area contributed by atoms with Gasteiger partial charge in [0.2, 0.25) is 0 Å². The molecule has 0 fully saturated rings. The van der Waals surface area contributed by atoms with Gasteiger partial charge in [0.15, 0.2) is 0 Å². The molecule has 3 rings (SSSR count). The second kappa shape index (κ2) is 8.49. The third-order valence-corrected chi connectivity index (χ3v) is 4.64. The lowest BCUT2D eigenvalue weighted by Crippen LogP contribution is -2.02. The highest BCUT2D eigenvalue weighted by Crippen LogP contribution is 2.31. The maximum Gasteiger partial charge on any atom is 0.126 e. The van der Waals surface area contributed by atoms with Gasteiger partial charge in [0.25, 0.3) is 0 Å². The molecule has 0 amide bonds. The normalized spacial score (nSPS) is 10.6. The minimum absolute atomic E-state index is 0.196. The molecule has 0 aromatic heterocycles. The Morgan fingerprint density at radius 2 is 1.52 bits per heavy atom. The predicted molar refractivity (Wildman–Crippen MR) is 106 cm³/mol. The molecular weight excluding hydrogens is 340 g/mol. The summed E-state index contributed by atoms with van der Waals surface area (Å²) in [7, 11) is 3.27. The van der Waals surface area contributed by atoms with E-state index in [9.17, 15) is 10.2 Å². The van der Waals surface area contributed by atoms with Crippen molar-refractivity contribution in [3.05, 3.63) is 82.9 Å². The zero-order valence-electron chi connectivity index (χ0n) is 15.6. The van der Waals surface area contributed by atoms with Crippen molar-refractivity contribution in [3.63, 3.8) is 0 Å². The van der Waals surface area contributed by atoms with Gasteiger partial charge in [0, 0.05) is 18.1 Å². The molecule has 0 saturated heterocycles. The standard InChI is InChI=1S/C23H24O4/c1-26-21-5-3-4-16(12-21)6-9-18-14-20(25)15-23(27-2)22(18)13-17-7-10-19(24)11-8-17/h3-5,7-8,10-12,14-15,24-25H,6,9,13H2,1-2H3. The Morgan fingerprint density at radius 3 is 2.22 bits per heavy atom. The Bertz CT molecular complexity index is 901. The van der Waals surface area contributed by atoms with Crippen LogP contribution in [0.1, 0.15) is 22.3 Å². The van der Waals surface area contributed by atoms with Gasteiger partial charge in [-0.25, -0.2) is 0 Å². The van der Waals surface area contributed by atoms with Gasteiger partial charge in [0.05, 0.1) is 14.2 Å². The summed E-state index contributed by atoms with van der Waals surface area (Å²) < 4.78 is 10.8. The van der Waals surface area contributed by atoms with Crippen LogP contribution in [0.25, 0.3) is 0 Å². The third-order valence-electron chi connectivity index (χ3n) is 4.64. The Kier molecular flexibility index (Phi) is 5.87. The second-order valence-electron chi connectivity index (χ2n) is 6.48. The fourth-order valence-electron chi connectivity index (χ4n) is 3.22. The summed E-state index contributed by atoms with van der Waals surface area (Å²) in [6, 6.07) is 18.6. The highest BCUT2D eigenvalue weighted by Gasteiger charge is 2.13. The lowest BCUT2D eigenvalue weighted by molar-refractivity contribution is 0.402. The lowest BCUT2D eigenvalue weighted by Gasteiger charge is -2.15. The number of methoxy groups -OCH3 is 2. The van der Waals surface area contributed by atoms with Crippen LogP contribution in [0.3, 0.4) is 0 Å². The average Bonchev–Trinajstić information content (AvgIpc) is 2.69. The minimum atomic E-state index is 0.196. The number of phenolic OH excluding ortho intramolecular Hbond substituents is 2. The number of hydrogen-bond acceptors (Lipinski definition) is 4. The van der Waals surface area contributed by atoms with Crippen LogP contribution in [0.4, 0.5) is 0 Å². The molecule has 140 valence electrons. The Balaban J connectivity index is 1.88. The molecule has 0 heterocycles. The third kappa shape index (κ3) is 4.73. The number of hydrogen-bond donors (Lipinski definition) is 2. The number of benzene rings is 3. The fourth-order valence-corrected chi connectivity index (χ4v) is 3.22. The van der Waals surface area contributed by atoms with E-state index in [0.29, 0.717) is 12.2 Å². The summed E-state index contributed by atoms with van der Waals surface area (Å²) >= 11 is 0. The largest absolute Gasteiger partial charge is 0.508 e. The molecule has 2 N–H and O–H groups in total. The topological polar surface area (TPSA) is 58.9 Å². The Hall–Kier alpha value is -3.14. The smallest absolute Gasteiger partial charge is 0.126 e. The van der Waals surface area contributed by atoms with Crippen molar-refractivity contribution in [2.75, 3.05) is 14.2 Å². The van der Waals surface area contributed by atoms with Crippen LogP contribution < -0.4 is 9.47 Å². The monoisotopic (exact) mass is 364 g/mol. The summed E-state index contributed by atoms with van der Waals surface area (Å²) in [4.78, 5) is 0. The van der Waals surface area contributed by atoms with Crippen LogP contribution >= 0.6 is 0 Å². The molecule has 0 radical (unpaired) electrons. The highest BCUT2D eigenvalue weighted by atomic mass is 16.5. The molecule has 0 aliphatic carbocycles. The summed E-state index contributed by atoms with van der Waals surface area (Å²) in [5, 5.41) is 19.6. The molecular formula is C23H24O4. The van der Waals surface area contributed by atoms with E-state index in [1.54, 1.807) is 38.5 Å². The number of ether oxygens (including phenoxy) is 2. The lowest BCUT2D eigenvalue weighted by atomic mass is 9.94. The van der Waals surface area contributed by atoms with Gasteiger partial charge < -0.3 is 19.7 Å². The molecule has 3 aromatic carbocycles. The zero-order valence-corrected chi connectivity index (χ0v) is 15.6. The number of rotatable bonds is 7. The maximum atomic E-state index is 10.1. The fraction of sp³-hybridized carbons (Fsp3) is 0.217. The summed E-state index contributed by atoms with van der Waals surface area (Å²) in [6.45, 7) is 0. The van der Waals surface area contributed by atoms with Crippen molar-refractivity contribution in [3.8, 4) is 23.0 Å². The van der Waals surface area contributed by atoms with E-state index < -0.39 is 0 Å². The van der Waals surface area contributed by atoms with Crippen molar-refractivity contribution >= 4 is 0 Å². The van der Waals surface area contributed by atoms with Gasteiger partial charge in [-0.3, -0.25) is 0 Å². The predicted octanol–water partition coefficient (Wildman–Crippen LogP) is 4.49. The average molecular weight is 364 g/mol. The molecule has 0 spiro atoms. The van der Waals surface area contributed by atoms with Crippen molar-refractivity contribution in [1.29, 1.82) is 0 Å². The minimum Gasteiger partial charge on any atom is -0.508 e. The van der Waals surface area contributed by atoms with Gasteiger partial charge in [-0.1, -0.05) is 24.3 Å². The number of aryl methyl sites for hydroxylation is 2. The Labute approximate surface area is 159 Å². The van der Waals surface area contributed by atoms with Crippen LogP contribution in [-0.4, -0.2) is 24.4 Å². The molecule has 0 unspecified atom stereocenters. The first kappa shape index (κ1) is 18.6. The van der Waals surface area contributed by atoms with Gasteiger partial charge in [-0.15, -0.1) is 0 Å². The van der Waals surface area contributed by atoms with Gasteiger partial charge >= 0.3 is 0 Å². The van der Waals surface area contributed by atoms with Crippen LogP contribution in [-0.2, 0) is 19.3 Å². The van der Waals surface area contributed by atoms with E-state index in [1.165, 1.54) is 5.56 Å². The zero-order chi connectivity index (χ0) is 19.2. The second-order valence-corrected chi connectivity index (χ2v) is 6.48. The first-order valence-electron chi connectivity index (χ1n) is 8.88. The summed E-state index contributed by atoms with van der Waals surface area (Å²) in [5.74, 6) is 1.95. The molecule has 0 aliphatic rings. The SMILES string of the molecule is COc1cccc(CCc2cc(O)cc(OC)c2Cc2ccc(O)cc2)c1. The highest BCUT2D eigenvalue weighted by molar-refractivity contribution is 5.49.